The topological polar surface area (TPSA) is 74.6 Å². The van der Waals surface area contributed by atoms with Crippen molar-refractivity contribution in [2.45, 2.75) is 154 Å². The third-order valence-corrected chi connectivity index (χ3v) is 7.32. The maximum absolute atomic E-state index is 11.6. The molecule has 5 heteroatoms. The molecule has 0 aliphatic rings. The number of rotatable bonds is 22. The Morgan fingerprint density at radius 3 is 1.34 bits per heavy atom. The van der Waals surface area contributed by atoms with Crippen molar-refractivity contribution in [1.82, 2.24) is 0 Å². The van der Waals surface area contributed by atoms with E-state index in [4.69, 9.17) is 0 Å². The van der Waals surface area contributed by atoms with Gasteiger partial charge in [0.25, 0.3) is 10.1 Å². The van der Waals surface area contributed by atoms with Gasteiger partial charge in [0.15, 0.2) is 0 Å². The Kier molecular flexibility index (Phi) is 19.7. The van der Waals surface area contributed by atoms with E-state index in [1.165, 1.54) is 57.8 Å². The van der Waals surface area contributed by atoms with Gasteiger partial charge in [-0.3, -0.25) is 4.55 Å². The SMILES string of the molecule is CCCCCCCCCCCCCCC(CCCCC(O)CCCC)S(=O)(=O)O. The van der Waals surface area contributed by atoms with Crippen molar-refractivity contribution in [2.24, 2.45) is 0 Å². The molecule has 0 bridgehead atoms. The van der Waals surface area contributed by atoms with Crippen LogP contribution in [0.15, 0.2) is 0 Å². The smallest absolute Gasteiger partial charge is 0.267 e. The fourth-order valence-corrected chi connectivity index (χ4v) is 4.92. The molecule has 2 unspecified atom stereocenters. The quantitative estimate of drug-likeness (QED) is 0.137. The monoisotopic (exact) mass is 434 g/mol. The van der Waals surface area contributed by atoms with Gasteiger partial charge in [-0.05, 0) is 25.7 Å². The highest BCUT2D eigenvalue weighted by Gasteiger charge is 2.22. The molecule has 0 saturated heterocycles. The fourth-order valence-electron chi connectivity index (χ4n) is 3.99. The second-order valence-electron chi connectivity index (χ2n) is 8.90. The Labute approximate surface area is 182 Å². The van der Waals surface area contributed by atoms with E-state index in [0.29, 0.717) is 12.8 Å². The first-order valence-electron chi connectivity index (χ1n) is 12.6. The summed E-state index contributed by atoms with van der Waals surface area (Å²) in [7, 11) is -3.96. The summed E-state index contributed by atoms with van der Waals surface area (Å²) in [5.41, 5.74) is 0. The highest BCUT2D eigenvalue weighted by atomic mass is 32.2. The summed E-state index contributed by atoms with van der Waals surface area (Å²) >= 11 is 0. The van der Waals surface area contributed by atoms with Crippen LogP contribution in [-0.2, 0) is 10.1 Å². The molecule has 0 radical (unpaired) electrons. The maximum Gasteiger partial charge on any atom is 0.267 e. The number of hydrogen-bond acceptors (Lipinski definition) is 3. The predicted molar refractivity (Wildman–Crippen MR) is 125 cm³/mol. The molecule has 0 aromatic heterocycles. The summed E-state index contributed by atoms with van der Waals surface area (Å²) in [6, 6.07) is 0. The van der Waals surface area contributed by atoms with E-state index in [2.05, 4.69) is 13.8 Å². The van der Waals surface area contributed by atoms with Gasteiger partial charge in [-0.1, -0.05) is 117 Å². The normalized spacial score (nSPS) is 14.2. The first kappa shape index (κ1) is 28.9. The molecule has 2 atom stereocenters. The van der Waals surface area contributed by atoms with Crippen LogP contribution in [0.4, 0.5) is 0 Å². The van der Waals surface area contributed by atoms with Crippen molar-refractivity contribution in [1.29, 1.82) is 0 Å². The van der Waals surface area contributed by atoms with Crippen LogP contribution < -0.4 is 0 Å². The molecule has 0 aliphatic heterocycles. The molecule has 0 aromatic rings. The molecule has 0 heterocycles. The van der Waals surface area contributed by atoms with Gasteiger partial charge in [-0.25, -0.2) is 0 Å². The van der Waals surface area contributed by atoms with Crippen LogP contribution in [0.5, 0.6) is 0 Å². The summed E-state index contributed by atoms with van der Waals surface area (Å²) in [4.78, 5) is 0. The van der Waals surface area contributed by atoms with Gasteiger partial charge in [0, 0.05) is 0 Å². The molecule has 29 heavy (non-hydrogen) atoms. The standard InChI is InChI=1S/C24H50O4S/c1-3-5-7-8-9-10-11-12-13-14-15-16-21-24(29(26,27)28)22-18-17-20-23(25)19-6-4-2/h23-25H,3-22H2,1-2H3,(H,26,27,28). The Morgan fingerprint density at radius 1 is 0.552 bits per heavy atom. The molecule has 0 saturated carbocycles. The Balaban J connectivity index is 3.71. The summed E-state index contributed by atoms with van der Waals surface area (Å²) in [6.45, 7) is 4.36. The van der Waals surface area contributed by atoms with E-state index in [-0.39, 0.29) is 6.10 Å². The minimum atomic E-state index is -3.96. The summed E-state index contributed by atoms with van der Waals surface area (Å²) in [5.74, 6) is 0. The minimum Gasteiger partial charge on any atom is -0.393 e. The van der Waals surface area contributed by atoms with E-state index < -0.39 is 15.4 Å². The molecule has 0 aromatic carbocycles. The number of aliphatic hydroxyl groups is 1. The van der Waals surface area contributed by atoms with Crippen molar-refractivity contribution in [3.8, 4) is 0 Å². The largest absolute Gasteiger partial charge is 0.393 e. The third-order valence-electron chi connectivity index (χ3n) is 6.01. The van der Waals surface area contributed by atoms with Gasteiger partial charge in [0.2, 0.25) is 0 Å². The van der Waals surface area contributed by atoms with Crippen molar-refractivity contribution in [3.63, 3.8) is 0 Å². The van der Waals surface area contributed by atoms with Crippen molar-refractivity contribution in [2.75, 3.05) is 0 Å². The van der Waals surface area contributed by atoms with E-state index in [1.807, 2.05) is 0 Å². The Bertz CT molecular complexity index is 436. The van der Waals surface area contributed by atoms with E-state index in [1.54, 1.807) is 0 Å². The first-order chi connectivity index (χ1) is 13.9. The van der Waals surface area contributed by atoms with E-state index >= 15 is 0 Å². The minimum absolute atomic E-state index is 0.268. The molecule has 0 fully saturated rings. The van der Waals surface area contributed by atoms with E-state index in [9.17, 15) is 18.1 Å². The molecule has 0 aliphatic carbocycles. The molecular formula is C24H50O4S. The summed E-state index contributed by atoms with van der Waals surface area (Å²) in [6.07, 6.45) is 21.2. The Hall–Kier alpha value is -0.130. The highest BCUT2D eigenvalue weighted by molar-refractivity contribution is 7.86. The fraction of sp³-hybridized carbons (Fsp3) is 1.00. The molecule has 0 rings (SSSR count). The van der Waals surface area contributed by atoms with Crippen LogP contribution in [0, 0.1) is 0 Å². The average molecular weight is 435 g/mol. The third kappa shape index (κ3) is 19.6. The van der Waals surface area contributed by atoms with Crippen LogP contribution in [-0.4, -0.2) is 29.4 Å². The lowest BCUT2D eigenvalue weighted by atomic mass is 10.0. The maximum atomic E-state index is 11.6. The van der Waals surface area contributed by atoms with Crippen LogP contribution in [0.25, 0.3) is 0 Å². The van der Waals surface area contributed by atoms with E-state index in [0.717, 1.165) is 57.8 Å². The number of aliphatic hydroxyl groups excluding tert-OH is 1. The molecule has 176 valence electrons. The lowest BCUT2D eigenvalue weighted by molar-refractivity contribution is 0.148. The number of unbranched alkanes of at least 4 members (excludes halogenated alkanes) is 13. The van der Waals surface area contributed by atoms with Crippen LogP contribution in [0.3, 0.4) is 0 Å². The van der Waals surface area contributed by atoms with Crippen molar-refractivity contribution in [3.05, 3.63) is 0 Å². The van der Waals surface area contributed by atoms with Crippen molar-refractivity contribution < 1.29 is 18.1 Å². The van der Waals surface area contributed by atoms with Gasteiger partial charge in [-0.2, -0.15) is 8.42 Å². The zero-order valence-electron chi connectivity index (χ0n) is 19.4. The zero-order chi connectivity index (χ0) is 21.8. The molecule has 2 N–H and O–H groups in total. The summed E-state index contributed by atoms with van der Waals surface area (Å²) < 4.78 is 32.8. The predicted octanol–water partition coefficient (Wildman–Crippen LogP) is 7.45. The zero-order valence-corrected chi connectivity index (χ0v) is 20.2. The first-order valence-corrected chi connectivity index (χ1v) is 14.1. The highest BCUT2D eigenvalue weighted by Crippen LogP contribution is 2.20. The second-order valence-corrected chi connectivity index (χ2v) is 10.6. The van der Waals surface area contributed by atoms with Gasteiger partial charge in [0.1, 0.15) is 0 Å². The molecule has 0 amide bonds. The van der Waals surface area contributed by atoms with Gasteiger partial charge in [-0.15, -0.1) is 0 Å². The molecule has 0 spiro atoms. The Morgan fingerprint density at radius 2 is 0.897 bits per heavy atom. The lowest BCUT2D eigenvalue weighted by Gasteiger charge is -2.15. The van der Waals surface area contributed by atoms with Crippen molar-refractivity contribution >= 4 is 10.1 Å². The van der Waals surface area contributed by atoms with Crippen LogP contribution in [0.1, 0.15) is 142 Å². The molecular weight excluding hydrogens is 384 g/mol. The van der Waals surface area contributed by atoms with Gasteiger partial charge >= 0.3 is 0 Å². The number of hydrogen-bond donors (Lipinski definition) is 2. The second kappa shape index (κ2) is 19.8. The average Bonchev–Trinajstić information content (AvgIpc) is 2.67. The van der Waals surface area contributed by atoms with Crippen LogP contribution in [0.2, 0.25) is 0 Å². The molecule has 4 nitrogen and oxygen atoms in total. The van der Waals surface area contributed by atoms with Gasteiger partial charge < -0.3 is 5.11 Å². The van der Waals surface area contributed by atoms with Crippen LogP contribution >= 0.6 is 0 Å². The lowest BCUT2D eigenvalue weighted by Crippen LogP contribution is -2.20. The summed E-state index contributed by atoms with van der Waals surface area (Å²) in [5, 5.41) is 9.24. The van der Waals surface area contributed by atoms with Gasteiger partial charge in [0.05, 0.1) is 11.4 Å².